The molecule has 0 saturated carbocycles. The minimum absolute atomic E-state index is 0.342. The van der Waals surface area contributed by atoms with Gasteiger partial charge < -0.3 is 0 Å². The summed E-state index contributed by atoms with van der Waals surface area (Å²) in [6.07, 6.45) is -0.381. The SMILES string of the molecule is CC(C)(C)OC(=O)Nc1cccc[c]1[Sn][C](C)(C)C. The summed E-state index contributed by atoms with van der Waals surface area (Å²) in [5.41, 5.74) is 0.432. The zero-order valence-corrected chi connectivity index (χ0v) is 15.5. The molecule has 19 heavy (non-hydrogen) atoms. The first kappa shape index (κ1) is 16.3. The van der Waals surface area contributed by atoms with Crippen molar-refractivity contribution >= 4 is 36.5 Å². The summed E-state index contributed by atoms with van der Waals surface area (Å²) in [5, 5.41) is 2.87. The van der Waals surface area contributed by atoms with Gasteiger partial charge >= 0.3 is 126 Å². The van der Waals surface area contributed by atoms with E-state index in [0.717, 1.165) is 5.69 Å². The Kier molecular flexibility index (Phi) is 5.30. The molecular weight excluding hydrogens is 345 g/mol. The third-order valence-electron chi connectivity index (χ3n) is 2.07. The van der Waals surface area contributed by atoms with Gasteiger partial charge in [0.25, 0.3) is 0 Å². The monoisotopic (exact) mass is 369 g/mol. The van der Waals surface area contributed by atoms with Gasteiger partial charge in [0.2, 0.25) is 0 Å². The van der Waals surface area contributed by atoms with E-state index in [-0.39, 0.29) is 6.09 Å². The normalized spacial score (nSPS) is 12.1. The number of rotatable bonds is 2. The Hall–Kier alpha value is -0.711. The van der Waals surface area contributed by atoms with Crippen LogP contribution in [0.1, 0.15) is 41.5 Å². The first-order valence-electron chi connectivity index (χ1n) is 6.44. The fraction of sp³-hybridized carbons (Fsp3) is 0.533. The summed E-state index contributed by atoms with van der Waals surface area (Å²) in [4.78, 5) is 11.8. The van der Waals surface area contributed by atoms with Crippen LogP contribution in [0.25, 0.3) is 0 Å². The molecule has 0 aliphatic carbocycles. The number of nitrogens with one attached hydrogen (secondary N) is 1. The molecule has 0 spiro atoms. The molecule has 2 radical (unpaired) electrons. The van der Waals surface area contributed by atoms with E-state index in [1.165, 1.54) is 3.58 Å². The van der Waals surface area contributed by atoms with E-state index in [0.29, 0.717) is 3.43 Å². The third kappa shape index (κ3) is 6.85. The van der Waals surface area contributed by atoms with E-state index >= 15 is 0 Å². The summed E-state index contributed by atoms with van der Waals surface area (Å²) in [7, 11) is 0. The number of benzene rings is 1. The molecule has 1 N–H and O–H groups in total. The molecule has 0 unspecified atom stereocenters. The molecule has 1 amide bonds. The number of hydrogen-bond donors (Lipinski definition) is 1. The summed E-state index contributed by atoms with van der Waals surface area (Å²) in [6.45, 7) is 12.4. The van der Waals surface area contributed by atoms with Crippen molar-refractivity contribution < 1.29 is 9.53 Å². The number of ether oxygens (including phenoxy) is 1. The van der Waals surface area contributed by atoms with Crippen molar-refractivity contribution in [1.29, 1.82) is 0 Å². The second kappa shape index (κ2) is 6.16. The van der Waals surface area contributed by atoms with E-state index in [9.17, 15) is 4.79 Å². The van der Waals surface area contributed by atoms with Crippen molar-refractivity contribution in [2.75, 3.05) is 5.32 Å². The number of hydrogen-bond acceptors (Lipinski definition) is 2. The van der Waals surface area contributed by atoms with Crippen LogP contribution >= 0.6 is 0 Å². The van der Waals surface area contributed by atoms with E-state index < -0.39 is 26.7 Å². The fourth-order valence-electron chi connectivity index (χ4n) is 1.52. The van der Waals surface area contributed by atoms with Crippen LogP contribution in [0.15, 0.2) is 24.3 Å². The standard InChI is InChI=1S/C11H14NO2.C4H9.Sn/c1-11(2,3)14-10(13)12-9-7-5-4-6-8-9;1-4(2)3;/h4-7H,1-3H3,(H,12,13);1-3H3;. The van der Waals surface area contributed by atoms with Gasteiger partial charge in [0.05, 0.1) is 0 Å². The Morgan fingerprint density at radius 3 is 2.21 bits per heavy atom. The van der Waals surface area contributed by atoms with Gasteiger partial charge in [-0.1, -0.05) is 0 Å². The second-order valence-electron chi connectivity index (χ2n) is 6.55. The van der Waals surface area contributed by atoms with Gasteiger partial charge in [-0.3, -0.25) is 0 Å². The van der Waals surface area contributed by atoms with Crippen molar-refractivity contribution in [2.45, 2.75) is 50.6 Å². The molecular formula is C15H23NO2Sn. The van der Waals surface area contributed by atoms with Crippen molar-refractivity contribution in [3.63, 3.8) is 0 Å². The molecule has 0 bridgehead atoms. The fourth-order valence-corrected chi connectivity index (χ4v) is 5.14. The van der Waals surface area contributed by atoms with Crippen LogP contribution < -0.4 is 8.90 Å². The summed E-state index contributed by atoms with van der Waals surface area (Å²) in [5.74, 6) is 0. The number of carbonyl (C=O) groups is 1. The maximum atomic E-state index is 11.8. The van der Waals surface area contributed by atoms with Gasteiger partial charge in [-0.05, 0) is 0 Å². The average molecular weight is 368 g/mol. The van der Waals surface area contributed by atoms with Crippen LogP contribution in [-0.2, 0) is 4.74 Å². The van der Waals surface area contributed by atoms with Gasteiger partial charge in [-0.25, -0.2) is 0 Å². The Morgan fingerprint density at radius 2 is 1.68 bits per heavy atom. The predicted molar refractivity (Wildman–Crippen MR) is 81.4 cm³/mol. The molecule has 0 heterocycles. The van der Waals surface area contributed by atoms with Crippen LogP contribution in [0.3, 0.4) is 0 Å². The van der Waals surface area contributed by atoms with Crippen LogP contribution in [0.2, 0.25) is 3.43 Å². The molecule has 0 aromatic heterocycles. The van der Waals surface area contributed by atoms with E-state index in [4.69, 9.17) is 4.74 Å². The van der Waals surface area contributed by atoms with Crippen LogP contribution in [0.5, 0.6) is 0 Å². The number of anilines is 1. The maximum absolute atomic E-state index is 11.8. The molecule has 0 atom stereocenters. The molecule has 1 rings (SSSR count). The van der Waals surface area contributed by atoms with Gasteiger partial charge in [0.1, 0.15) is 0 Å². The van der Waals surface area contributed by atoms with Crippen molar-refractivity contribution in [3.8, 4) is 0 Å². The Morgan fingerprint density at radius 1 is 1.11 bits per heavy atom. The van der Waals surface area contributed by atoms with Gasteiger partial charge in [0.15, 0.2) is 0 Å². The predicted octanol–water partition coefficient (Wildman–Crippen LogP) is 3.58. The van der Waals surface area contributed by atoms with E-state index in [2.05, 4.69) is 32.2 Å². The molecule has 0 aliphatic heterocycles. The summed E-state index contributed by atoms with van der Waals surface area (Å²) < 4.78 is 6.93. The first-order valence-corrected chi connectivity index (χ1v) is 9.29. The summed E-state index contributed by atoms with van der Waals surface area (Å²) >= 11 is -0.761. The molecule has 4 heteroatoms. The number of para-hydroxylation sites is 1. The average Bonchev–Trinajstić information content (AvgIpc) is 2.15. The van der Waals surface area contributed by atoms with Crippen molar-refractivity contribution in [2.24, 2.45) is 0 Å². The van der Waals surface area contributed by atoms with Crippen LogP contribution in [0.4, 0.5) is 10.5 Å². The zero-order chi connectivity index (χ0) is 14.7. The van der Waals surface area contributed by atoms with E-state index in [1.54, 1.807) is 0 Å². The molecule has 3 nitrogen and oxygen atoms in total. The molecule has 1 aromatic carbocycles. The molecule has 0 aliphatic rings. The van der Waals surface area contributed by atoms with Crippen molar-refractivity contribution in [1.82, 2.24) is 0 Å². The number of carbonyl (C=O) groups excluding carboxylic acids is 1. The second-order valence-corrected chi connectivity index (χ2v) is 13.1. The Labute approximate surface area is 126 Å². The van der Waals surface area contributed by atoms with Crippen LogP contribution in [0, 0.1) is 0 Å². The topological polar surface area (TPSA) is 38.3 Å². The minimum atomic E-state index is -0.761. The Balaban J connectivity index is 2.81. The zero-order valence-electron chi connectivity index (χ0n) is 12.6. The quantitative estimate of drug-likeness (QED) is 0.811. The Bertz CT molecular complexity index is 444. The molecule has 0 saturated heterocycles. The van der Waals surface area contributed by atoms with Gasteiger partial charge in [-0.2, -0.15) is 0 Å². The van der Waals surface area contributed by atoms with Gasteiger partial charge in [0, 0.05) is 0 Å². The van der Waals surface area contributed by atoms with Crippen LogP contribution in [-0.4, -0.2) is 32.8 Å². The summed E-state index contributed by atoms with van der Waals surface area (Å²) in [6, 6.07) is 8.04. The van der Waals surface area contributed by atoms with E-state index in [1.807, 2.05) is 39.0 Å². The molecule has 0 fully saturated rings. The third-order valence-corrected chi connectivity index (χ3v) is 6.23. The first-order chi connectivity index (χ1) is 8.57. The molecule has 104 valence electrons. The number of amides is 1. The molecule has 1 aromatic rings. The van der Waals surface area contributed by atoms with Crippen molar-refractivity contribution in [3.05, 3.63) is 24.3 Å². The van der Waals surface area contributed by atoms with Gasteiger partial charge in [-0.15, -0.1) is 0 Å².